The number of esters is 1. The molecule has 0 aliphatic heterocycles. The number of carboxylic acid groups (broad SMARTS) is 1. The molecule has 0 fully saturated rings. The van der Waals surface area contributed by atoms with Crippen molar-refractivity contribution < 1.29 is 19.4 Å². The first-order valence-electron chi connectivity index (χ1n) is 4.99. The lowest BCUT2D eigenvalue weighted by Crippen LogP contribution is -2.55. The summed E-state index contributed by atoms with van der Waals surface area (Å²) in [6, 6.07) is 0. The molecule has 0 spiro atoms. The molecule has 0 aromatic carbocycles. The maximum Gasteiger partial charge on any atom is 0.327 e. The molecule has 0 aromatic heterocycles. The van der Waals surface area contributed by atoms with E-state index in [0.29, 0.717) is 0 Å². The van der Waals surface area contributed by atoms with E-state index in [1.807, 2.05) is 0 Å². The summed E-state index contributed by atoms with van der Waals surface area (Å²) in [5.41, 5.74) is 3.88. The molecule has 16 heavy (non-hydrogen) atoms. The van der Waals surface area contributed by atoms with Gasteiger partial charge in [-0.2, -0.15) is 0 Å². The number of carboxylic acids is 1. The van der Waals surface area contributed by atoms with Gasteiger partial charge in [0.2, 0.25) is 0 Å². The highest BCUT2D eigenvalue weighted by atomic mass is 16.6. The summed E-state index contributed by atoms with van der Waals surface area (Å²) in [4.78, 5) is 21.9. The Morgan fingerprint density at radius 3 is 2.19 bits per heavy atom. The fraction of sp³-hybridized carbons (Fsp3) is 0.800. The Hall–Kier alpha value is -1.14. The largest absolute Gasteiger partial charge is 0.480 e. The van der Waals surface area contributed by atoms with E-state index in [2.05, 4.69) is 5.32 Å². The maximum atomic E-state index is 11.6. The standard InChI is InChI=1S/C10H20N2O4/c1-9(2,3)16-8(15)10(4,11)6-12-5-7(13)14/h12H,5-6,11H2,1-4H3,(H,13,14). The molecule has 0 bridgehead atoms. The van der Waals surface area contributed by atoms with Gasteiger partial charge in [0.15, 0.2) is 0 Å². The van der Waals surface area contributed by atoms with Crippen LogP contribution >= 0.6 is 0 Å². The van der Waals surface area contributed by atoms with Crippen LogP contribution in [0.2, 0.25) is 0 Å². The van der Waals surface area contributed by atoms with Crippen LogP contribution in [0.5, 0.6) is 0 Å². The molecule has 94 valence electrons. The van der Waals surface area contributed by atoms with Crippen LogP contribution < -0.4 is 11.1 Å². The van der Waals surface area contributed by atoms with Crippen molar-refractivity contribution in [3.8, 4) is 0 Å². The van der Waals surface area contributed by atoms with Crippen molar-refractivity contribution in [3.05, 3.63) is 0 Å². The summed E-state index contributed by atoms with van der Waals surface area (Å²) in [7, 11) is 0. The zero-order valence-electron chi connectivity index (χ0n) is 10.2. The smallest absolute Gasteiger partial charge is 0.327 e. The molecular formula is C10H20N2O4. The number of rotatable bonds is 5. The van der Waals surface area contributed by atoms with Gasteiger partial charge >= 0.3 is 11.9 Å². The Labute approximate surface area is 95.1 Å². The lowest BCUT2D eigenvalue weighted by Gasteiger charge is -2.28. The molecule has 0 saturated heterocycles. The van der Waals surface area contributed by atoms with E-state index in [1.165, 1.54) is 6.92 Å². The second-order valence-corrected chi connectivity index (χ2v) is 4.92. The first kappa shape index (κ1) is 14.9. The molecule has 1 unspecified atom stereocenters. The predicted molar refractivity (Wildman–Crippen MR) is 58.9 cm³/mol. The second-order valence-electron chi connectivity index (χ2n) is 4.92. The predicted octanol–water partition coefficient (Wildman–Crippen LogP) is -0.280. The summed E-state index contributed by atoms with van der Waals surface area (Å²) in [5, 5.41) is 11.0. The Kier molecular flexibility index (Phi) is 4.89. The van der Waals surface area contributed by atoms with Gasteiger partial charge in [-0.1, -0.05) is 0 Å². The summed E-state index contributed by atoms with van der Waals surface area (Å²) in [5.74, 6) is -1.56. The summed E-state index contributed by atoms with van der Waals surface area (Å²) in [6.07, 6.45) is 0. The van der Waals surface area contributed by atoms with E-state index in [0.717, 1.165) is 0 Å². The number of hydrogen-bond donors (Lipinski definition) is 3. The number of nitrogens with two attached hydrogens (primary N) is 1. The number of carbonyl (C=O) groups is 2. The Balaban J connectivity index is 4.21. The molecule has 0 aliphatic rings. The van der Waals surface area contributed by atoms with E-state index in [4.69, 9.17) is 15.6 Å². The van der Waals surface area contributed by atoms with Gasteiger partial charge in [0.1, 0.15) is 11.1 Å². The second kappa shape index (κ2) is 5.27. The van der Waals surface area contributed by atoms with Gasteiger partial charge in [0.05, 0.1) is 6.54 Å². The third-order valence-electron chi connectivity index (χ3n) is 1.63. The van der Waals surface area contributed by atoms with Gasteiger partial charge in [-0.15, -0.1) is 0 Å². The molecule has 0 rings (SSSR count). The van der Waals surface area contributed by atoms with E-state index >= 15 is 0 Å². The topological polar surface area (TPSA) is 102 Å². The lowest BCUT2D eigenvalue weighted by atomic mass is 10.0. The van der Waals surface area contributed by atoms with Crippen LogP contribution in [0.1, 0.15) is 27.7 Å². The average molecular weight is 232 g/mol. The SMILES string of the molecule is CC(C)(C)OC(=O)C(C)(N)CNCC(=O)O. The third-order valence-corrected chi connectivity index (χ3v) is 1.63. The number of aliphatic carboxylic acids is 1. The van der Waals surface area contributed by atoms with Gasteiger partial charge in [-0.05, 0) is 27.7 Å². The zero-order valence-corrected chi connectivity index (χ0v) is 10.2. The van der Waals surface area contributed by atoms with Crippen LogP contribution in [0.4, 0.5) is 0 Å². The molecule has 0 saturated carbocycles. The van der Waals surface area contributed by atoms with Crippen molar-refractivity contribution in [1.82, 2.24) is 5.32 Å². The highest BCUT2D eigenvalue weighted by Gasteiger charge is 2.32. The van der Waals surface area contributed by atoms with Gasteiger partial charge < -0.3 is 20.9 Å². The normalized spacial score (nSPS) is 15.3. The highest BCUT2D eigenvalue weighted by Crippen LogP contribution is 2.11. The average Bonchev–Trinajstić information content (AvgIpc) is 1.99. The summed E-state index contributed by atoms with van der Waals surface area (Å²) in [6.45, 7) is 6.53. The number of hydrogen-bond acceptors (Lipinski definition) is 5. The zero-order chi connectivity index (χ0) is 13.0. The van der Waals surface area contributed by atoms with Crippen molar-refractivity contribution >= 4 is 11.9 Å². The van der Waals surface area contributed by atoms with Crippen LogP contribution in [0, 0.1) is 0 Å². The van der Waals surface area contributed by atoms with E-state index < -0.39 is 23.1 Å². The van der Waals surface area contributed by atoms with Crippen molar-refractivity contribution in [2.24, 2.45) is 5.73 Å². The Morgan fingerprint density at radius 1 is 1.31 bits per heavy atom. The highest BCUT2D eigenvalue weighted by molar-refractivity contribution is 5.80. The van der Waals surface area contributed by atoms with Crippen LogP contribution in [-0.2, 0) is 14.3 Å². The molecule has 0 amide bonds. The minimum absolute atomic E-state index is 0.0498. The lowest BCUT2D eigenvalue weighted by molar-refractivity contribution is -0.161. The van der Waals surface area contributed by atoms with E-state index in [1.54, 1.807) is 20.8 Å². The van der Waals surface area contributed by atoms with Crippen molar-refractivity contribution in [3.63, 3.8) is 0 Å². The molecule has 1 atom stereocenters. The minimum atomic E-state index is -1.23. The molecule has 6 nitrogen and oxygen atoms in total. The molecule has 0 heterocycles. The monoisotopic (exact) mass is 232 g/mol. The fourth-order valence-electron chi connectivity index (χ4n) is 0.896. The third kappa shape index (κ3) is 6.36. The molecular weight excluding hydrogens is 212 g/mol. The van der Waals surface area contributed by atoms with Crippen molar-refractivity contribution in [1.29, 1.82) is 0 Å². The van der Waals surface area contributed by atoms with Gasteiger partial charge in [0.25, 0.3) is 0 Å². The van der Waals surface area contributed by atoms with Crippen LogP contribution in [0.3, 0.4) is 0 Å². The number of nitrogens with one attached hydrogen (secondary N) is 1. The quantitative estimate of drug-likeness (QED) is 0.563. The maximum absolute atomic E-state index is 11.6. The van der Waals surface area contributed by atoms with E-state index in [9.17, 15) is 9.59 Å². The molecule has 6 heteroatoms. The van der Waals surface area contributed by atoms with Crippen molar-refractivity contribution in [2.45, 2.75) is 38.8 Å². The minimum Gasteiger partial charge on any atom is -0.480 e. The Morgan fingerprint density at radius 2 is 1.81 bits per heavy atom. The fourth-order valence-corrected chi connectivity index (χ4v) is 0.896. The van der Waals surface area contributed by atoms with Gasteiger partial charge in [-0.3, -0.25) is 4.79 Å². The number of ether oxygens (including phenoxy) is 1. The van der Waals surface area contributed by atoms with Crippen LogP contribution in [0.15, 0.2) is 0 Å². The first-order chi connectivity index (χ1) is 7.04. The van der Waals surface area contributed by atoms with Crippen LogP contribution in [0.25, 0.3) is 0 Å². The summed E-state index contributed by atoms with van der Waals surface area (Å²) < 4.78 is 5.11. The molecule has 4 N–H and O–H groups in total. The summed E-state index contributed by atoms with van der Waals surface area (Å²) >= 11 is 0. The molecule has 0 aliphatic carbocycles. The van der Waals surface area contributed by atoms with Crippen molar-refractivity contribution in [2.75, 3.05) is 13.1 Å². The first-order valence-corrected chi connectivity index (χ1v) is 4.99. The van der Waals surface area contributed by atoms with E-state index in [-0.39, 0.29) is 13.1 Å². The Bertz CT molecular complexity index is 268. The van der Waals surface area contributed by atoms with Gasteiger partial charge in [-0.25, -0.2) is 4.79 Å². The molecule has 0 aromatic rings. The molecule has 0 radical (unpaired) electrons. The number of carbonyl (C=O) groups excluding carboxylic acids is 1. The van der Waals surface area contributed by atoms with Gasteiger partial charge in [0, 0.05) is 6.54 Å². The van der Waals surface area contributed by atoms with Crippen LogP contribution in [-0.4, -0.2) is 41.3 Å².